The summed E-state index contributed by atoms with van der Waals surface area (Å²) in [5.74, 6) is 0.863. The summed E-state index contributed by atoms with van der Waals surface area (Å²) in [7, 11) is 1.55. The van der Waals surface area contributed by atoms with Crippen molar-refractivity contribution in [1.29, 1.82) is 0 Å². The molecule has 0 unspecified atom stereocenters. The van der Waals surface area contributed by atoms with E-state index in [1.54, 1.807) is 13.3 Å². The molecule has 0 spiro atoms. The molecule has 2 rings (SSSR count). The minimum absolute atomic E-state index is 0.0510. The van der Waals surface area contributed by atoms with E-state index in [4.69, 9.17) is 14.2 Å². The van der Waals surface area contributed by atoms with Crippen molar-refractivity contribution in [3.05, 3.63) is 12.4 Å². The van der Waals surface area contributed by atoms with Crippen molar-refractivity contribution in [3.63, 3.8) is 0 Å². The summed E-state index contributed by atoms with van der Waals surface area (Å²) in [6, 6.07) is 0.198. The van der Waals surface area contributed by atoms with Crippen LogP contribution in [0.4, 0.5) is 0 Å². The summed E-state index contributed by atoms with van der Waals surface area (Å²) in [5.41, 5.74) is 0. The Hall–Kier alpha value is -1.89. The summed E-state index contributed by atoms with van der Waals surface area (Å²) < 4.78 is 15.9. The van der Waals surface area contributed by atoms with E-state index in [0.29, 0.717) is 18.4 Å². The number of aromatic nitrogens is 2. The van der Waals surface area contributed by atoms with Crippen LogP contribution in [-0.4, -0.2) is 48.3 Å². The summed E-state index contributed by atoms with van der Waals surface area (Å²) in [4.78, 5) is 19.8. The van der Waals surface area contributed by atoms with Gasteiger partial charge in [0, 0.05) is 12.6 Å². The molecule has 0 aromatic carbocycles. The van der Waals surface area contributed by atoms with Gasteiger partial charge in [-0.05, 0) is 32.6 Å². The number of nitrogens with one attached hydrogen (secondary N) is 1. The first-order chi connectivity index (χ1) is 10.7. The number of rotatable bonds is 7. The highest BCUT2D eigenvalue weighted by molar-refractivity contribution is 5.77. The van der Waals surface area contributed by atoms with Crippen molar-refractivity contribution in [2.75, 3.05) is 20.3 Å². The maximum absolute atomic E-state index is 11.6. The smallest absolute Gasteiger partial charge is 0.246 e. The molecule has 122 valence electrons. The van der Waals surface area contributed by atoms with E-state index in [2.05, 4.69) is 15.3 Å². The van der Waals surface area contributed by atoms with Gasteiger partial charge in [0.05, 0.1) is 19.5 Å². The Balaban J connectivity index is 1.73. The highest BCUT2D eigenvalue weighted by atomic mass is 16.5. The van der Waals surface area contributed by atoms with Gasteiger partial charge in [-0.2, -0.15) is 4.98 Å². The molecule has 1 N–H and O–H groups in total. The maximum atomic E-state index is 11.6. The van der Waals surface area contributed by atoms with E-state index in [9.17, 15) is 4.79 Å². The maximum Gasteiger partial charge on any atom is 0.246 e. The molecule has 0 saturated heterocycles. The van der Waals surface area contributed by atoms with Gasteiger partial charge >= 0.3 is 0 Å². The van der Waals surface area contributed by atoms with E-state index < -0.39 is 0 Å². The Labute approximate surface area is 130 Å². The fourth-order valence-corrected chi connectivity index (χ4v) is 2.45. The Morgan fingerprint density at radius 3 is 2.68 bits per heavy atom. The van der Waals surface area contributed by atoms with E-state index in [-0.39, 0.29) is 24.7 Å². The topological polar surface area (TPSA) is 82.6 Å². The first-order valence-electron chi connectivity index (χ1n) is 7.61. The van der Waals surface area contributed by atoms with Gasteiger partial charge in [0.25, 0.3) is 0 Å². The average Bonchev–Trinajstić information content (AvgIpc) is 2.55. The molecule has 1 aromatic heterocycles. The fourth-order valence-electron chi connectivity index (χ4n) is 2.45. The highest BCUT2D eigenvalue weighted by Gasteiger charge is 2.24. The molecule has 22 heavy (non-hydrogen) atoms. The predicted octanol–water partition coefficient (Wildman–Crippen LogP) is 1.33. The lowest BCUT2D eigenvalue weighted by atomic mass is 9.93. The minimum atomic E-state index is -0.0510. The standard InChI is InChI=1S/C15H23N3O4/c1-3-21-10-13(19)17-11-4-6-12(7-5-11)22-15-9-16-8-14(18-15)20-2/h8-9,11-12H,3-7,10H2,1-2H3,(H,17,19). The molecule has 0 aliphatic heterocycles. The van der Waals surface area contributed by atoms with E-state index in [1.165, 1.54) is 6.20 Å². The minimum Gasteiger partial charge on any atom is -0.480 e. The number of ether oxygens (including phenoxy) is 3. The van der Waals surface area contributed by atoms with Gasteiger partial charge in [0.1, 0.15) is 12.7 Å². The van der Waals surface area contributed by atoms with E-state index in [1.807, 2.05) is 6.92 Å². The van der Waals surface area contributed by atoms with Crippen LogP contribution in [0.3, 0.4) is 0 Å². The quantitative estimate of drug-likeness (QED) is 0.818. The van der Waals surface area contributed by atoms with Crippen molar-refractivity contribution < 1.29 is 19.0 Å². The fraction of sp³-hybridized carbons (Fsp3) is 0.667. The van der Waals surface area contributed by atoms with Gasteiger partial charge in [-0.25, -0.2) is 0 Å². The molecule has 0 atom stereocenters. The average molecular weight is 309 g/mol. The lowest BCUT2D eigenvalue weighted by Gasteiger charge is -2.29. The lowest BCUT2D eigenvalue weighted by molar-refractivity contribution is -0.126. The molecule has 0 bridgehead atoms. The van der Waals surface area contributed by atoms with Gasteiger partial charge in [-0.3, -0.25) is 9.78 Å². The Morgan fingerprint density at radius 2 is 2.00 bits per heavy atom. The Kier molecular flexibility index (Phi) is 6.39. The molecule has 7 nitrogen and oxygen atoms in total. The summed E-state index contributed by atoms with van der Waals surface area (Å²) in [6.45, 7) is 2.55. The van der Waals surface area contributed by atoms with Crippen molar-refractivity contribution >= 4 is 5.91 Å². The molecule has 1 amide bonds. The molecular formula is C15H23N3O4. The molecular weight excluding hydrogens is 286 g/mol. The second kappa shape index (κ2) is 8.53. The molecule has 1 aliphatic rings. The van der Waals surface area contributed by atoms with Gasteiger partial charge in [0.15, 0.2) is 0 Å². The van der Waals surface area contributed by atoms with Gasteiger partial charge in [-0.15, -0.1) is 0 Å². The highest BCUT2D eigenvalue weighted by Crippen LogP contribution is 2.23. The number of carbonyl (C=O) groups excluding carboxylic acids is 1. The lowest BCUT2D eigenvalue weighted by Crippen LogP contribution is -2.41. The first kappa shape index (κ1) is 16.5. The van der Waals surface area contributed by atoms with Crippen LogP contribution in [0, 0.1) is 0 Å². The second-order valence-electron chi connectivity index (χ2n) is 5.20. The number of hydrogen-bond donors (Lipinski definition) is 1. The van der Waals surface area contributed by atoms with Crippen LogP contribution in [0.2, 0.25) is 0 Å². The van der Waals surface area contributed by atoms with Crippen molar-refractivity contribution in [1.82, 2.24) is 15.3 Å². The predicted molar refractivity (Wildman–Crippen MR) is 79.9 cm³/mol. The van der Waals surface area contributed by atoms with Crippen LogP contribution in [0.15, 0.2) is 12.4 Å². The van der Waals surface area contributed by atoms with Crippen LogP contribution < -0.4 is 14.8 Å². The number of nitrogens with zero attached hydrogens (tertiary/aromatic N) is 2. The van der Waals surface area contributed by atoms with Crippen LogP contribution >= 0.6 is 0 Å². The number of hydrogen-bond acceptors (Lipinski definition) is 6. The third-order valence-electron chi connectivity index (χ3n) is 3.56. The summed E-state index contributed by atoms with van der Waals surface area (Å²) in [6.07, 6.45) is 6.74. The third kappa shape index (κ3) is 5.14. The van der Waals surface area contributed by atoms with Gasteiger partial charge in [0.2, 0.25) is 17.7 Å². The summed E-state index contributed by atoms with van der Waals surface area (Å²) >= 11 is 0. The molecule has 1 aliphatic carbocycles. The zero-order valence-electron chi connectivity index (χ0n) is 13.1. The molecule has 1 saturated carbocycles. The van der Waals surface area contributed by atoms with Crippen LogP contribution in [0.5, 0.6) is 11.8 Å². The van der Waals surface area contributed by atoms with Crippen molar-refractivity contribution in [2.45, 2.75) is 44.8 Å². The second-order valence-corrected chi connectivity index (χ2v) is 5.20. The third-order valence-corrected chi connectivity index (χ3v) is 3.56. The van der Waals surface area contributed by atoms with Crippen LogP contribution in [0.25, 0.3) is 0 Å². The Morgan fingerprint density at radius 1 is 1.27 bits per heavy atom. The van der Waals surface area contributed by atoms with Crippen LogP contribution in [0.1, 0.15) is 32.6 Å². The molecule has 1 aromatic rings. The number of methoxy groups -OCH3 is 1. The SMILES string of the molecule is CCOCC(=O)NC1CCC(Oc2cncc(OC)n2)CC1. The summed E-state index contributed by atoms with van der Waals surface area (Å²) in [5, 5.41) is 2.99. The molecule has 1 heterocycles. The van der Waals surface area contributed by atoms with Crippen molar-refractivity contribution in [2.24, 2.45) is 0 Å². The van der Waals surface area contributed by atoms with Gasteiger partial charge in [-0.1, -0.05) is 0 Å². The first-order valence-corrected chi connectivity index (χ1v) is 7.61. The zero-order valence-corrected chi connectivity index (χ0v) is 13.1. The monoisotopic (exact) mass is 309 g/mol. The van der Waals surface area contributed by atoms with Crippen LogP contribution in [-0.2, 0) is 9.53 Å². The van der Waals surface area contributed by atoms with Crippen molar-refractivity contribution in [3.8, 4) is 11.8 Å². The zero-order chi connectivity index (χ0) is 15.8. The largest absolute Gasteiger partial charge is 0.480 e. The number of amides is 1. The molecule has 0 radical (unpaired) electrons. The normalized spacial score (nSPS) is 21.2. The molecule has 7 heteroatoms. The number of carbonyl (C=O) groups is 1. The molecule has 1 fully saturated rings. The Bertz CT molecular complexity index is 476. The van der Waals surface area contributed by atoms with E-state index >= 15 is 0 Å². The van der Waals surface area contributed by atoms with Gasteiger partial charge < -0.3 is 19.5 Å². The van der Waals surface area contributed by atoms with E-state index in [0.717, 1.165) is 25.7 Å².